The van der Waals surface area contributed by atoms with Gasteiger partial charge in [0.15, 0.2) is 0 Å². The molecule has 1 aliphatic heterocycles. The van der Waals surface area contributed by atoms with Crippen molar-refractivity contribution in [2.24, 2.45) is 0 Å². The van der Waals surface area contributed by atoms with E-state index in [1.165, 1.54) is 31.1 Å². The molecule has 0 aromatic heterocycles. The van der Waals surface area contributed by atoms with Crippen molar-refractivity contribution in [3.05, 3.63) is 29.3 Å². The van der Waals surface area contributed by atoms with E-state index < -0.39 is 0 Å². The van der Waals surface area contributed by atoms with Crippen molar-refractivity contribution in [2.75, 3.05) is 13.7 Å². The monoisotopic (exact) mass is 275 g/mol. The van der Waals surface area contributed by atoms with Crippen LogP contribution in [0.15, 0.2) is 18.2 Å². The van der Waals surface area contributed by atoms with Crippen molar-refractivity contribution < 1.29 is 14.3 Å². The minimum absolute atomic E-state index is 0.0486. The van der Waals surface area contributed by atoms with E-state index >= 15 is 0 Å². The first-order valence-electron chi connectivity index (χ1n) is 7.36. The minimum Gasteiger partial charge on any atom is -0.489 e. The Morgan fingerprint density at radius 2 is 2.15 bits per heavy atom. The Morgan fingerprint density at radius 1 is 1.30 bits per heavy atom. The van der Waals surface area contributed by atoms with E-state index in [2.05, 4.69) is 23.5 Å². The quantitative estimate of drug-likeness (QED) is 0.855. The maximum Gasteiger partial charge on any atom is 0.323 e. The normalized spacial score (nSPS) is 25.1. The Bertz CT molecular complexity index is 500. The fourth-order valence-electron chi connectivity index (χ4n) is 3.15. The minimum atomic E-state index is -0.232. The van der Waals surface area contributed by atoms with E-state index in [1.54, 1.807) is 0 Å². The highest BCUT2D eigenvalue weighted by Gasteiger charge is 2.31. The molecule has 2 unspecified atom stereocenters. The molecule has 1 heterocycles. The van der Waals surface area contributed by atoms with Gasteiger partial charge in [-0.15, -0.1) is 0 Å². The number of fused-ring (bicyclic) bond motifs is 1. The molecule has 1 aliphatic carbocycles. The summed E-state index contributed by atoms with van der Waals surface area (Å²) in [6, 6.07) is 6.09. The van der Waals surface area contributed by atoms with Crippen LogP contribution in [0.1, 0.15) is 30.4 Å². The van der Waals surface area contributed by atoms with Gasteiger partial charge in [0.25, 0.3) is 0 Å². The van der Waals surface area contributed by atoms with Crippen LogP contribution in [0.25, 0.3) is 0 Å². The number of esters is 1. The molecular weight excluding hydrogens is 254 g/mol. The number of carbonyl (C=O) groups is 1. The highest BCUT2D eigenvalue weighted by Crippen LogP contribution is 2.31. The molecule has 1 N–H and O–H groups in total. The van der Waals surface area contributed by atoms with Gasteiger partial charge in [-0.2, -0.15) is 0 Å². The third-order valence-corrected chi connectivity index (χ3v) is 4.22. The number of ether oxygens (including phenoxy) is 2. The molecule has 0 spiro atoms. The topological polar surface area (TPSA) is 47.6 Å². The summed E-state index contributed by atoms with van der Waals surface area (Å²) in [4.78, 5) is 11.5. The van der Waals surface area contributed by atoms with Gasteiger partial charge in [0.2, 0.25) is 0 Å². The number of methoxy groups -OCH3 is 1. The van der Waals surface area contributed by atoms with Gasteiger partial charge in [-0.3, -0.25) is 4.79 Å². The summed E-state index contributed by atoms with van der Waals surface area (Å²) in [5, 5.41) is 3.16. The first kappa shape index (κ1) is 13.4. The smallest absolute Gasteiger partial charge is 0.323 e. The Labute approximate surface area is 119 Å². The predicted octanol–water partition coefficient (Wildman–Crippen LogP) is 1.85. The number of hydrogen-bond acceptors (Lipinski definition) is 4. The zero-order valence-electron chi connectivity index (χ0n) is 11.9. The lowest BCUT2D eigenvalue weighted by molar-refractivity contribution is -0.142. The fraction of sp³-hybridized carbons (Fsp3) is 0.562. The predicted molar refractivity (Wildman–Crippen MR) is 75.9 cm³/mol. The number of aryl methyl sites for hydroxylation is 1. The van der Waals surface area contributed by atoms with Crippen LogP contribution in [0, 0.1) is 0 Å². The molecule has 1 aromatic rings. The molecule has 0 amide bonds. The van der Waals surface area contributed by atoms with E-state index in [1.807, 2.05) is 0 Å². The van der Waals surface area contributed by atoms with Gasteiger partial charge in [0.1, 0.15) is 17.9 Å². The van der Waals surface area contributed by atoms with Gasteiger partial charge >= 0.3 is 5.97 Å². The second-order valence-corrected chi connectivity index (χ2v) is 5.56. The number of hydrogen-bond donors (Lipinski definition) is 1. The summed E-state index contributed by atoms with van der Waals surface area (Å²) in [5.41, 5.74) is 2.78. The zero-order valence-corrected chi connectivity index (χ0v) is 11.9. The molecule has 2 atom stereocenters. The highest BCUT2D eigenvalue weighted by molar-refractivity contribution is 5.76. The summed E-state index contributed by atoms with van der Waals surface area (Å²) >= 11 is 0. The molecule has 1 fully saturated rings. The molecule has 0 saturated carbocycles. The lowest BCUT2D eigenvalue weighted by Gasteiger charge is -2.21. The van der Waals surface area contributed by atoms with Crippen LogP contribution in [0.5, 0.6) is 5.75 Å². The molecular formula is C16H21NO3. The average Bonchev–Trinajstić information content (AvgIpc) is 2.95. The first-order valence-corrected chi connectivity index (χ1v) is 7.36. The molecule has 1 saturated heterocycles. The summed E-state index contributed by atoms with van der Waals surface area (Å²) in [7, 11) is 1.42. The number of benzene rings is 1. The SMILES string of the molecule is COC(=O)C1CC(Oc2cccc3c2CCCC3)CN1. The molecule has 20 heavy (non-hydrogen) atoms. The molecule has 3 rings (SSSR count). The molecule has 0 radical (unpaired) electrons. The van der Waals surface area contributed by atoms with Gasteiger partial charge in [0, 0.05) is 13.0 Å². The maximum atomic E-state index is 11.5. The van der Waals surface area contributed by atoms with Crippen LogP contribution in [0.3, 0.4) is 0 Å². The Kier molecular flexibility index (Phi) is 3.92. The van der Waals surface area contributed by atoms with Crippen molar-refractivity contribution in [2.45, 2.75) is 44.2 Å². The lowest BCUT2D eigenvalue weighted by Crippen LogP contribution is -2.31. The van der Waals surface area contributed by atoms with Crippen LogP contribution in [-0.4, -0.2) is 31.8 Å². The molecule has 108 valence electrons. The van der Waals surface area contributed by atoms with Crippen LogP contribution >= 0.6 is 0 Å². The van der Waals surface area contributed by atoms with Gasteiger partial charge < -0.3 is 14.8 Å². The van der Waals surface area contributed by atoms with Crippen LogP contribution in [0.2, 0.25) is 0 Å². The molecule has 4 heteroatoms. The second kappa shape index (κ2) is 5.83. The number of nitrogens with one attached hydrogen (secondary N) is 1. The van der Waals surface area contributed by atoms with E-state index in [9.17, 15) is 4.79 Å². The zero-order chi connectivity index (χ0) is 13.9. The van der Waals surface area contributed by atoms with Crippen LogP contribution < -0.4 is 10.1 Å². The summed E-state index contributed by atoms with van der Waals surface area (Å²) in [5.74, 6) is 0.797. The highest BCUT2D eigenvalue weighted by atomic mass is 16.5. The average molecular weight is 275 g/mol. The number of rotatable bonds is 3. The third kappa shape index (κ3) is 2.66. The molecule has 0 bridgehead atoms. The van der Waals surface area contributed by atoms with Crippen molar-refractivity contribution in [1.29, 1.82) is 0 Å². The van der Waals surface area contributed by atoms with Crippen molar-refractivity contribution >= 4 is 5.97 Å². The molecule has 2 aliphatic rings. The Morgan fingerprint density at radius 3 is 3.00 bits per heavy atom. The summed E-state index contributed by atoms with van der Waals surface area (Å²) in [6.07, 6.45) is 5.49. The third-order valence-electron chi connectivity index (χ3n) is 4.22. The van der Waals surface area contributed by atoms with Crippen LogP contribution in [-0.2, 0) is 22.4 Å². The second-order valence-electron chi connectivity index (χ2n) is 5.56. The van der Waals surface area contributed by atoms with Gasteiger partial charge in [0.05, 0.1) is 7.11 Å². The maximum absolute atomic E-state index is 11.5. The first-order chi connectivity index (χ1) is 9.78. The van der Waals surface area contributed by atoms with E-state index in [4.69, 9.17) is 9.47 Å². The van der Waals surface area contributed by atoms with Crippen LogP contribution in [0.4, 0.5) is 0 Å². The Balaban J connectivity index is 1.69. The summed E-state index contributed by atoms with van der Waals surface area (Å²) < 4.78 is 10.9. The fourth-order valence-corrected chi connectivity index (χ4v) is 3.15. The molecule has 1 aromatic carbocycles. The van der Waals surface area contributed by atoms with Gasteiger partial charge in [-0.05, 0) is 42.9 Å². The Hall–Kier alpha value is -1.55. The van der Waals surface area contributed by atoms with Crippen molar-refractivity contribution in [3.8, 4) is 5.75 Å². The lowest BCUT2D eigenvalue weighted by atomic mass is 9.91. The molecule has 4 nitrogen and oxygen atoms in total. The van der Waals surface area contributed by atoms with Crippen molar-refractivity contribution in [3.63, 3.8) is 0 Å². The van der Waals surface area contributed by atoms with Crippen molar-refractivity contribution in [1.82, 2.24) is 5.32 Å². The summed E-state index contributed by atoms with van der Waals surface area (Å²) in [6.45, 7) is 0.698. The standard InChI is InChI=1S/C16H21NO3/c1-19-16(18)14-9-12(10-17-14)20-15-8-4-6-11-5-2-3-7-13(11)15/h4,6,8,12,14,17H,2-3,5,7,9-10H2,1H3. The van der Waals surface area contributed by atoms with Gasteiger partial charge in [-0.1, -0.05) is 12.1 Å². The number of carbonyl (C=O) groups excluding carboxylic acids is 1. The van der Waals surface area contributed by atoms with E-state index in [0.717, 1.165) is 18.6 Å². The largest absolute Gasteiger partial charge is 0.489 e. The van der Waals surface area contributed by atoms with Gasteiger partial charge in [-0.25, -0.2) is 0 Å². The van der Waals surface area contributed by atoms with E-state index in [0.29, 0.717) is 13.0 Å². The van der Waals surface area contributed by atoms with E-state index in [-0.39, 0.29) is 18.1 Å².